The first-order valence-electron chi connectivity index (χ1n) is 8.72. The van der Waals surface area contributed by atoms with Crippen molar-refractivity contribution in [1.29, 1.82) is 0 Å². The SMILES string of the molecule is CC1CCN([C@@H]2CCCC[C@@H]2OCCc2ccccc2)C1. The smallest absolute Gasteiger partial charge is 0.0730 e. The Bertz CT molecular complexity index is 419. The lowest BCUT2D eigenvalue weighted by atomic mass is 9.91. The number of hydrogen-bond acceptors (Lipinski definition) is 2. The summed E-state index contributed by atoms with van der Waals surface area (Å²) < 4.78 is 6.31. The van der Waals surface area contributed by atoms with Crippen molar-refractivity contribution >= 4 is 0 Å². The zero-order valence-corrected chi connectivity index (χ0v) is 13.3. The molecule has 0 N–H and O–H groups in total. The molecule has 0 bridgehead atoms. The van der Waals surface area contributed by atoms with Crippen molar-refractivity contribution in [2.45, 2.75) is 57.6 Å². The fourth-order valence-corrected chi connectivity index (χ4v) is 3.93. The van der Waals surface area contributed by atoms with Crippen LogP contribution in [0.1, 0.15) is 44.6 Å². The van der Waals surface area contributed by atoms with E-state index in [0.717, 1.165) is 18.9 Å². The normalized spacial score (nSPS) is 30.6. The zero-order chi connectivity index (χ0) is 14.5. The van der Waals surface area contributed by atoms with E-state index in [1.54, 1.807) is 0 Å². The highest BCUT2D eigenvalue weighted by molar-refractivity contribution is 5.14. The van der Waals surface area contributed by atoms with Crippen LogP contribution in [0.15, 0.2) is 30.3 Å². The molecule has 1 heterocycles. The van der Waals surface area contributed by atoms with Gasteiger partial charge in [-0.25, -0.2) is 0 Å². The van der Waals surface area contributed by atoms with E-state index in [1.165, 1.54) is 50.8 Å². The second-order valence-electron chi connectivity index (χ2n) is 6.89. The van der Waals surface area contributed by atoms with Gasteiger partial charge in [-0.05, 0) is 43.7 Å². The fourth-order valence-electron chi connectivity index (χ4n) is 3.93. The van der Waals surface area contributed by atoms with Gasteiger partial charge in [-0.1, -0.05) is 50.1 Å². The number of ether oxygens (including phenoxy) is 1. The third-order valence-corrected chi connectivity index (χ3v) is 5.16. The van der Waals surface area contributed by atoms with Crippen molar-refractivity contribution in [3.63, 3.8) is 0 Å². The molecule has 0 radical (unpaired) electrons. The monoisotopic (exact) mass is 287 g/mol. The standard InChI is InChI=1S/C19H29NO/c1-16-11-13-20(15-16)18-9-5-6-10-19(18)21-14-12-17-7-3-2-4-8-17/h2-4,7-8,16,18-19H,5-6,9-15H2,1H3/t16?,18-,19+/m1/s1. The number of hydrogen-bond donors (Lipinski definition) is 0. The van der Waals surface area contributed by atoms with Crippen LogP contribution in [-0.2, 0) is 11.2 Å². The van der Waals surface area contributed by atoms with E-state index in [-0.39, 0.29) is 0 Å². The third-order valence-electron chi connectivity index (χ3n) is 5.16. The molecule has 0 amide bonds. The molecular formula is C19H29NO. The van der Waals surface area contributed by atoms with Crippen LogP contribution in [-0.4, -0.2) is 36.7 Å². The zero-order valence-electron chi connectivity index (χ0n) is 13.3. The minimum Gasteiger partial charge on any atom is -0.376 e. The van der Waals surface area contributed by atoms with Crippen molar-refractivity contribution in [3.8, 4) is 0 Å². The predicted octanol–water partition coefficient (Wildman–Crippen LogP) is 3.90. The molecule has 1 saturated heterocycles. The number of benzene rings is 1. The molecule has 2 aliphatic rings. The highest BCUT2D eigenvalue weighted by Crippen LogP contribution is 2.29. The van der Waals surface area contributed by atoms with Gasteiger partial charge in [0, 0.05) is 12.6 Å². The average Bonchev–Trinajstić information content (AvgIpc) is 2.95. The van der Waals surface area contributed by atoms with Crippen molar-refractivity contribution in [1.82, 2.24) is 4.90 Å². The summed E-state index contributed by atoms with van der Waals surface area (Å²) in [5, 5.41) is 0. The molecule has 1 aromatic carbocycles. The lowest BCUT2D eigenvalue weighted by molar-refractivity contribution is -0.0298. The Kier molecular flexibility index (Phi) is 5.32. The van der Waals surface area contributed by atoms with Gasteiger partial charge < -0.3 is 4.74 Å². The summed E-state index contributed by atoms with van der Waals surface area (Å²) in [4.78, 5) is 2.71. The first-order valence-corrected chi connectivity index (χ1v) is 8.72. The summed E-state index contributed by atoms with van der Waals surface area (Å²) in [6, 6.07) is 11.4. The van der Waals surface area contributed by atoms with Gasteiger partial charge in [0.1, 0.15) is 0 Å². The molecule has 1 aliphatic carbocycles. The van der Waals surface area contributed by atoms with E-state index >= 15 is 0 Å². The van der Waals surface area contributed by atoms with E-state index in [2.05, 4.69) is 42.2 Å². The Balaban J connectivity index is 1.50. The van der Waals surface area contributed by atoms with Crippen LogP contribution in [0.4, 0.5) is 0 Å². The summed E-state index contributed by atoms with van der Waals surface area (Å²) in [5.74, 6) is 0.872. The van der Waals surface area contributed by atoms with Gasteiger partial charge in [-0.15, -0.1) is 0 Å². The molecule has 2 nitrogen and oxygen atoms in total. The van der Waals surface area contributed by atoms with Crippen LogP contribution < -0.4 is 0 Å². The molecular weight excluding hydrogens is 258 g/mol. The topological polar surface area (TPSA) is 12.5 Å². The maximum Gasteiger partial charge on any atom is 0.0730 e. The molecule has 0 spiro atoms. The van der Waals surface area contributed by atoms with E-state index in [4.69, 9.17) is 4.74 Å². The summed E-state index contributed by atoms with van der Waals surface area (Å²) in [6.07, 6.45) is 8.19. The lowest BCUT2D eigenvalue weighted by Gasteiger charge is -2.38. The van der Waals surface area contributed by atoms with Gasteiger partial charge in [0.05, 0.1) is 12.7 Å². The summed E-state index contributed by atoms with van der Waals surface area (Å²) in [5.41, 5.74) is 1.39. The third kappa shape index (κ3) is 4.08. The summed E-state index contributed by atoms with van der Waals surface area (Å²) >= 11 is 0. The molecule has 1 aliphatic heterocycles. The maximum absolute atomic E-state index is 6.31. The molecule has 1 aromatic rings. The second-order valence-corrected chi connectivity index (χ2v) is 6.89. The number of rotatable bonds is 5. The van der Waals surface area contributed by atoms with Gasteiger partial charge in [0.15, 0.2) is 0 Å². The van der Waals surface area contributed by atoms with Crippen molar-refractivity contribution < 1.29 is 4.74 Å². The molecule has 0 aromatic heterocycles. The van der Waals surface area contributed by atoms with E-state index in [9.17, 15) is 0 Å². The molecule has 21 heavy (non-hydrogen) atoms. The number of likely N-dealkylation sites (tertiary alicyclic amines) is 1. The molecule has 3 rings (SSSR count). The molecule has 1 unspecified atom stereocenters. The minimum atomic E-state index is 0.466. The van der Waals surface area contributed by atoms with Crippen molar-refractivity contribution in [2.24, 2.45) is 5.92 Å². The van der Waals surface area contributed by atoms with Gasteiger partial charge in [0.2, 0.25) is 0 Å². The van der Waals surface area contributed by atoms with Gasteiger partial charge in [-0.2, -0.15) is 0 Å². The molecule has 3 atom stereocenters. The first-order chi connectivity index (χ1) is 10.3. The van der Waals surface area contributed by atoms with E-state index < -0.39 is 0 Å². The maximum atomic E-state index is 6.31. The summed E-state index contributed by atoms with van der Waals surface area (Å²) in [7, 11) is 0. The quantitative estimate of drug-likeness (QED) is 0.814. The average molecular weight is 287 g/mol. The lowest BCUT2D eigenvalue weighted by Crippen LogP contribution is -2.45. The molecule has 116 valence electrons. The Hall–Kier alpha value is -0.860. The van der Waals surface area contributed by atoms with Crippen LogP contribution in [0.2, 0.25) is 0 Å². The number of nitrogens with zero attached hydrogens (tertiary/aromatic N) is 1. The van der Waals surface area contributed by atoms with Gasteiger partial charge in [-0.3, -0.25) is 4.90 Å². The molecule has 2 fully saturated rings. The Morgan fingerprint density at radius 3 is 2.67 bits per heavy atom. The molecule has 2 heteroatoms. The van der Waals surface area contributed by atoms with Crippen LogP contribution in [0.3, 0.4) is 0 Å². The van der Waals surface area contributed by atoms with E-state index in [0.29, 0.717) is 12.1 Å². The highest BCUT2D eigenvalue weighted by Gasteiger charge is 2.33. The largest absolute Gasteiger partial charge is 0.376 e. The Morgan fingerprint density at radius 1 is 1.10 bits per heavy atom. The van der Waals surface area contributed by atoms with Gasteiger partial charge in [0.25, 0.3) is 0 Å². The van der Waals surface area contributed by atoms with E-state index in [1.807, 2.05) is 0 Å². The van der Waals surface area contributed by atoms with Gasteiger partial charge >= 0.3 is 0 Å². The second kappa shape index (κ2) is 7.42. The van der Waals surface area contributed by atoms with Crippen LogP contribution in [0.25, 0.3) is 0 Å². The molecule has 1 saturated carbocycles. The summed E-state index contributed by atoms with van der Waals surface area (Å²) in [6.45, 7) is 5.82. The van der Waals surface area contributed by atoms with Crippen LogP contribution in [0.5, 0.6) is 0 Å². The minimum absolute atomic E-state index is 0.466. The van der Waals surface area contributed by atoms with Crippen molar-refractivity contribution in [2.75, 3.05) is 19.7 Å². The van der Waals surface area contributed by atoms with Crippen molar-refractivity contribution in [3.05, 3.63) is 35.9 Å². The first kappa shape index (κ1) is 15.1. The fraction of sp³-hybridized carbons (Fsp3) is 0.684. The predicted molar refractivity (Wildman–Crippen MR) is 87.5 cm³/mol. The Labute approximate surface area is 129 Å². The van der Waals surface area contributed by atoms with Crippen LogP contribution in [0, 0.1) is 5.92 Å². The Morgan fingerprint density at radius 2 is 1.90 bits per heavy atom. The highest BCUT2D eigenvalue weighted by atomic mass is 16.5. The van der Waals surface area contributed by atoms with Crippen LogP contribution >= 0.6 is 0 Å².